The largest absolute Gasteiger partial charge is 0.481 e. The molecule has 0 aliphatic rings. The van der Waals surface area contributed by atoms with E-state index in [0.29, 0.717) is 30.9 Å². The van der Waals surface area contributed by atoms with Gasteiger partial charge in [-0.05, 0) is 36.1 Å². The number of carbonyl (C=O) groups excluding carboxylic acids is 1. The number of ether oxygens (including phenoxy) is 1. The third-order valence-corrected chi connectivity index (χ3v) is 3.54. The Kier molecular flexibility index (Phi) is 6.37. The summed E-state index contributed by atoms with van der Waals surface area (Å²) in [4.78, 5) is 21.8. The number of rotatable bonds is 8. The van der Waals surface area contributed by atoms with Gasteiger partial charge in [0.2, 0.25) is 5.91 Å². The summed E-state index contributed by atoms with van der Waals surface area (Å²) in [7, 11) is 0. The lowest BCUT2D eigenvalue weighted by atomic mass is 10.1. The van der Waals surface area contributed by atoms with Crippen molar-refractivity contribution in [2.24, 2.45) is 0 Å². The topological polar surface area (TPSA) is 75.6 Å². The van der Waals surface area contributed by atoms with Crippen LogP contribution in [0.2, 0.25) is 0 Å². The molecule has 0 bridgehead atoms. The van der Waals surface area contributed by atoms with Crippen molar-refractivity contribution in [2.45, 2.75) is 26.2 Å². The monoisotopic (exact) mass is 327 g/mol. The maximum Gasteiger partial charge on any atom is 0.303 e. The zero-order valence-corrected chi connectivity index (χ0v) is 13.6. The van der Waals surface area contributed by atoms with Crippen molar-refractivity contribution in [3.8, 4) is 11.5 Å². The molecule has 2 rings (SSSR count). The first-order chi connectivity index (χ1) is 11.6. The summed E-state index contributed by atoms with van der Waals surface area (Å²) >= 11 is 0. The van der Waals surface area contributed by atoms with Gasteiger partial charge in [-0.2, -0.15) is 0 Å². The Balaban J connectivity index is 2.13. The van der Waals surface area contributed by atoms with E-state index < -0.39 is 5.97 Å². The van der Waals surface area contributed by atoms with Crippen LogP contribution < -0.4 is 10.1 Å². The van der Waals surface area contributed by atoms with Crippen LogP contribution in [-0.4, -0.2) is 23.5 Å². The first kappa shape index (κ1) is 17.5. The summed E-state index contributed by atoms with van der Waals surface area (Å²) in [6.45, 7) is 2.03. The second-order valence-electron chi connectivity index (χ2n) is 5.44. The Morgan fingerprint density at radius 1 is 0.958 bits per heavy atom. The van der Waals surface area contributed by atoms with Crippen molar-refractivity contribution in [1.82, 2.24) is 5.32 Å². The van der Waals surface area contributed by atoms with Gasteiger partial charge in [0.05, 0.1) is 0 Å². The number of carboxylic acid groups (broad SMARTS) is 1. The SMILES string of the molecule is CC(=O)NCCc1ccccc1Oc1ccccc1CCC(=O)O. The molecule has 5 nitrogen and oxygen atoms in total. The molecule has 0 fully saturated rings. The van der Waals surface area contributed by atoms with Crippen LogP contribution in [0.5, 0.6) is 11.5 Å². The van der Waals surface area contributed by atoms with Crippen LogP contribution in [0.25, 0.3) is 0 Å². The summed E-state index contributed by atoms with van der Waals surface area (Å²) in [5.41, 5.74) is 1.84. The number of aliphatic carboxylic acids is 1. The number of aryl methyl sites for hydroxylation is 1. The van der Waals surface area contributed by atoms with E-state index in [-0.39, 0.29) is 12.3 Å². The molecule has 2 N–H and O–H groups in total. The Labute approximate surface area is 141 Å². The summed E-state index contributed by atoms with van der Waals surface area (Å²) in [6.07, 6.45) is 1.14. The van der Waals surface area contributed by atoms with Crippen LogP contribution in [0.3, 0.4) is 0 Å². The summed E-state index contributed by atoms with van der Waals surface area (Å²) in [5, 5.41) is 11.6. The minimum absolute atomic E-state index is 0.0601. The number of carboxylic acids is 1. The van der Waals surface area contributed by atoms with Gasteiger partial charge in [-0.15, -0.1) is 0 Å². The molecule has 0 saturated heterocycles. The van der Waals surface area contributed by atoms with Crippen LogP contribution in [-0.2, 0) is 22.4 Å². The lowest BCUT2D eigenvalue weighted by molar-refractivity contribution is -0.137. The quantitative estimate of drug-likeness (QED) is 0.781. The van der Waals surface area contributed by atoms with Crippen molar-refractivity contribution in [3.63, 3.8) is 0 Å². The number of para-hydroxylation sites is 2. The molecule has 5 heteroatoms. The van der Waals surface area contributed by atoms with Gasteiger partial charge < -0.3 is 15.2 Å². The highest BCUT2D eigenvalue weighted by molar-refractivity contribution is 5.72. The van der Waals surface area contributed by atoms with Gasteiger partial charge >= 0.3 is 5.97 Å². The molecule has 0 aliphatic carbocycles. The molecule has 0 atom stereocenters. The number of nitrogens with one attached hydrogen (secondary N) is 1. The summed E-state index contributed by atoms with van der Waals surface area (Å²) in [6, 6.07) is 15.1. The van der Waals surface area contributed by atoms with E-state index in [9.17, 15) is 9.59 Å². The highest BCUT2D eigenvalue weighted by Gasteiger charge is 2.09. The van der Waals surface area contributed by atoms with Crippen molar-refractivity contribution in [2.75, 3.05) is 6.54 Å². The average molecular weight is 327 g/mol. The fourth-order valence-electron chi connectivity index (χ4n) is 2.35. The molecule has 2 aromatic carbocycles. The molecule has 2 aromatic rings. The van der Waals surface area contributed by atoms with E-state index in [0.717, 1.165) is 11.1 Å². The molecule has 0 unspecified atom stereocenters. The van der Waals surface area contributed by atoms with Gasteiger partial charge in [-0.3, -0.25) is 9.59 Å². The molecule has 126 valence electrons. The first-order valence-corrected chi connectivity index (χ1v) is 7.86. The minimum Gasteiger partial charge on any atom is -0.481 e. The van der Waals surface area contributed by atoms with Crippen molar-refractivity contribution < 1.29 is 19.4 Å². The highest BCUT2D eigenvalue weighted by atomic mass is 16.5. The normalized spacial score (nSPS) is 10.2. The maximum atomic E-state index is 11.0. The van der Waals surface area contributed by atoms with Crippen LogP contribution in [0.1, 0.15) is 24.5 Å². The third-order valence-electron chi connectivity index (χ3n) is 3.54. The summed E-state index contributed by atoms with van der Waals surface area (Å²) < 4.78 is 6.02. The van der Waals surface area contributed by atoms with Gasteiger partial charge in [0.1, 0.15) is 11.5 Å². The highest BCUT2D eigenvalue weighted by Crippen LogP contribution is 2.29. The average Bonchev–Trinajstić information content (AvgIpc) is 2.55. The Morgan fingerprint density at radius 3 is 2.04 bits per heavy atom. The molecule has 0 heterocycles. The molecule has 1 amide bonds. The fraction of sp³-hybridized carbons (Fsp3) is 0.263. The zero-order valence-electron chi connectivity index (χ0n) is 13.6. The van der Waals surface area contributed by atoms with E-state index in [2.05, 4.69) is 5.32 Å². The molecule has 0 radical (unpaired) electrons. The Morgan fingerprint density at radius 2 is 1.50 bits per heavy atom. The smallest absolute Gasteiger partial charge is 0.303 e. The van der Waals surface area contributed by atoms with Gasteiger partial charge in [0.15, 0.2) is 0 Å². The third kappa shape index (κ3) is 5.43. The molecule has 0 spiro atoms. The number of hydrogen-bond donors (Lipinski definition) is 2. The number of carbonyl (C=O) groups is 2. The van der Waals surface area contributed by atoms with Crippen molar-refractivity contribution in [3.05, 3.63) is 59.7 Å². The zero-order chi connectivity index (χ0) is 17.4. The second kappa shape index (κ2) is 8.72. The van der Waals surface area contributed by atoms with Crippen LogP contribution in [0, 0.1) is 0 Å². The first-order valence-electron chi connectivity index (χ1n) is 7.86. The maximum absolute atomic E-state index is 11.0. The number of hydrogen-bond acceptors (Lipinski definition) is 3. The fourth-order valence-corrected chi connectivity index (χ4v) is 2.35. The predicted molar refractivity (Wildman–Crippen MR) is 91.3 cm³/mol. The van der Waals surface area contributed by atoms with Gasteiger partial charge in [-0.25, -0.2) is 0 Å². The number of amides is 1. The van der Waals surface area contributed by atoms with Gasteiger partial charge in [0.25, 0.3) is 0 Å². The Hall–Kier alpha value is -2.82. The summed E-state index contributed by atoms with van der Waals surface area (Å²) in [5.74, 6) is 0.476. The van der Waals surface area contributed by atoms with Gasteiger partial charge in [0, 0.05) is 19.9 Å². The van der Waals surface area contributed by atoms with Gasteiger partial charge in [-0.1, -0.05) is 36.4 Å². The molecular formula is C19H21NO4. The van der Waals surface area contributed by atoms with Crippen molar-refractivity contribution in [1.29, 1.82) is 0 Å². The van der Waals surface area contributed by atoms with E-state index in [4.69, 9.17) is 9.84 Å². The van der Waals surface area contributed by atoms with E-state index in [1.165, 1.54) is 6.92 Å². The lowest BCUT2D eigenvalue weighted by Crippen LogP contribution is -2.22. The second-order valence-corrected chi connectivity index (χ2v) is 5.44. The molecule has 0 aromatic heterocycles. The van der Waals surface area contributed by atoms with Crippen molar-refractivity contribution >= 4 is 11.9 Å². The molecule has 0 saturated carbocycles. The lowest BCUT2D eigenvalue weighted by Gasteiger charge is -2.14. The molecular weight excluding hydrogens is 306 g/mol. The van der Waals surface area contributed by atoms with Crippen LogP contribution in [0.15, 0.2) is 48.5 Å². The van der Waals surface area contributed by atoms with E-state index in [1.54, 1.807) is 0 Å². The van der Waals surface area contributed by atoms with E-state index in [1.807, 2.05) is 48.5 Å². The van der Waals surface area contributed by atoms with Crippen LogP contribution in [0.4, 0.5) is 0 Å². The molecule has 0 aliphatic heterocycles. The standard InChI is InChI=1S/C19H21NO4/c1-14(21)20-13-12-16-7-3-5-9-18(16)24-17-8-4-2-6-15(17)10-11-19(22)23/h2-9H,10-13H2,1H3,(H,20,21)(H,22,23). The van der Waals surface area contributed by atoms with E-state index >= 15 is 0 Å². The molecule has 24 heavy (non-hydrogen) atoms. The Bertz CT molecular complexity index is 712. The van der Waals surface area contributed by atoms with Crippen LogP contribution >= 0.6 is 0 Å². The predicted octanol–water partition coefficient (Wildman–Crippen LogP) is 3.17. The minimum atomic E-state index is -0.833. The number of benzene rings is 2.